The molecule has 13 heavy (non-hydrogen) atoms. The quantitative estimate of drug-likeness (QED) is 0.772. The molecule has 74 valence electrons. The standard InChI is InChI=1S/C8H15N3OS/c1-8(2,3)6-10-7(13-11-6)9-4-5-12/h12H,4-5H2,1-3H3,(H,9,10,11). The van der Waals surface area contributed by atoms with E-state index < -0.39 is 0 Å². The van der Waals surface area contributed by atoms with Crippen molar-refractivity contribution < 1.29 is 5.11 Å². The lowest BCUT2D eigenvalue weighted by atomic mass is 9.96. The highest BCUT2D eigenvalue weighted by molar-refractivity contribution is 7.09. The second-order valence-electron chi connectivity index (χ2n) is 3.82. The summed E-state index contributed by atoms with van der Waals surface area (Å²) >= 11 is 1.33. The van der Waals surface area contributed by atoms with Crippen molar-refractivity contribution in [2.75, 3.05) is 18.5 Å². The van der Waals surface area contributed by atoms with Gasteiger partial charge in [-0.1, -0.05) is 20.8 Å². The zero-order chi connectivity index (χ0) is 9.90. The molecule has 0 saturated carbocycles. The van der Waals surface area contributed by atoms with Crippen LogP contribution in [0.2, 0.25) is 0 Å². The first-order valence-corrected chi connectivity index (χ1v) is 5.00. The van der Waals surface area contributed by atoms with E-state index in [2.05, 4.69) is 35.4 Å². The van der Waals surface area contributed by atoms with E-state index in [1.165, 1.54) is 11.5 Å². The van der Waals surface area contributed by atoms with E-state index >= 15 is 0 Å². The SMILES string of the molecule is CC(C)(C)c1nsc(NCCO)n1. The average molecular weight is 201 g/mol. The lowest BCUT2D eigenvalue weighted by molar-refractivity contribution is 0.311. The summed E-state index contributed by atoms with van der Waals surface area (Å²) in [7, 11) is 0. The van der Waals surface area contributed by atoms with Crippen molar-refractivity contribution in [3.8, 4) is 0 Å². The predicted molar refractivity (Wildman–Crippen MR) is 54.2 cm³/mol. The van der Waals surface area contributed by atoms with Gasteiger partial charge in [-0.3, -0.25) is 0 Å². The molecule has 1 heterocycles. The number of hydrogen-bond acceptors (Lipinski definition) is 5. The Hall–Kier alpha value is -0.680. The molecule has 0 fully saturated rings. The number of nitrogens with one attached hydrogen (secondary N) is 1. The maximum absolute atomic E-state index is 8.59. The summed E-state index contributed by atoms with van der Waals surface area (Å²) in [6, 6.07) is 0. The molecule has 0 aliphatic carbocycles. The van der Waals surface area contributed by atoms with E-state index in [9.17, 15) is 0 Å². The number of rotatable bonds is 3. The van der Waals surface area contributed by atoms with Crippen LogP contribution in [-0.2, 0) is 5.41 Å². The Morgan fingerprint density at radius 2 is 2.15 bits per heavy atom. The zero-order valence-corrected chi connectivity index (χ0v) is 8.98. The molecule has 0 bridgehead atoms. The van der Waals surface area contributed by atoms with Gasteiger partial charge in [-0.05, 0) is 0 Å². The Bertz CT molecular complexity index is 267. The minimum absolute atomic E-state index is 0.00432. The van der Waals surface area contributed by atoms with Crippen LogP contribution in [0.25, 0.3) is 0 Å². The molecule has 0 aliphatic heterocycles. The summed E-state index contributed by atoms with van der Waals surface area (Å²) in [4.78, 5) is 4.30. The predicted octanol–water partition coefficient (Wildman–Crippen LogP) is 1.24. The van der Waals surface area contributed by atoms with Crippen LogP contribution in [-0.4, -0.2) is 27.6 Å². The number of anilines is 1. The van der Waals surface area contributed by atoms with E-state index in [4.69, 9.17) is 5.11 Å². The maximum Gasteiger partial charge on any atom is 0.202 e. The average Bonchev–Trinajstić information content (AvgIpc) is 2.47. The summed E-state index contributed by atoms with van der Waals surface area (Å²) < 4.78 is 4.23. The molecule has 0 amide bonds. The highest BCUT2D eigenvalue weighted by Gasteiger charge is 2.19. The third-order valence-electron chi connectivity index (χ3n) is 1.48. The molecular formula is C8H15N3OS. The first-order valence-electron chi connectivity index (χ1n) is 4.23. The Morgan fingerprint density at radius 1 is 1.46 bits per heavy atom. The Kier molecular flexibility index (Phi) is 3.22. The summed E-state index contributed by atoms with van der Waals surface area (Å²) in [5, 5.41) is 12.3. The van der Waals surface area contributed by atoms with Crippen molar-refractivity contribution in [3.05, 3.63) is 5.82 Å². The maximum atomic E-state index is 8.59. The molecule has 0 aromatic carbocycles. The largest absolute Gasteiger partial charge is 0.395 e. The van der Waals surface area contributed by atoms with E-state index in [1.807, 2.05) is 0 Å². The van der Waals surface area contributed by atoms with Crippen LogP contribution >= 0.6 is 11.5 Å². The van der Waals surface area contributed by atoms with Crippen LogP contribution in [0.1, 0.15) is 26.6 Å². The second kappa shape index (κ2) is 4.02. The highest BCUT2D eigenvalue weighted by atomic mass is 32.1. The highest BCUT2D eigenvalue weighted by Crippen LogP contribution is 2.22. The minimum Gasteiger partial charge on any atom is -0.395 e. The molecule has 0 unspecified atom stereocenters. The number of hydrogen-bond donors (Lipinski definition) is 2. The molecule has 0 aliphatic rings. The van der Waals surface area contributed by atoms with Crippen molar-refractivity contribution in [1.82, 2.24) is 9.36 Å². The zero-order valence-electron chi connectivity index (χ0n) is 8.16. The van der Waals surface area contributed by atoms with Gasteiger partial charge in [-0.25, -0.2) is 4.98 Å². The Morgan fingerprint density at radius 3 is 2.62 bits per heavy atom. The molecule has 0 atom stereocenters. The van der Waals surface area contributed by atoms with Crippen molar-refractivity contribution in [1.29, 1.82) is 0 Å². The molecule has 1 rings (SSSR count). The van der Waals surface area contributed by atoms with Gasteiger partial charge >= 0.3 is 0 Å². The summed E-state index contributed by atoms with van der Waals surface area (Å²) in [6.07, 6.45) is 0. The molecule has 5 heteroatoms. The summed E-state index contributed by atoms with van der Waals surface area (Å²) in [5.74, 6) is 0.845. The van der Waals surface area contributed by atoms with Crippen molar-refractivity contribution in [2.45, 2.75) is 26.2 Å². The molecule has 4 nitrogen and oxygen atoms in total. The molecule has 1 aromatic heterocycles. The molecule has 1 aromatic rings. The Labute approximate surface area is 82.2 Å². The smallest absolute Gasteiger partial charge is 0.202 e. The fourth-order valence-electron chi connectivity index (χ4n) is 0.763. The van der Waals surface area contributed by atoms with Gasteiger partial charge in [-0.2, -0.15) is 4.37 Å². The molecular weight excluding hydrogens is 186 g/mol. The van der Waals surface area contributed by atoms with Gasteiger partial charge in [0.05, 0.1) is 6.61 Å². The summed E-state index contributed by atoms with van der Waals surface area (Å²) in [6.45, 7) is 6.86. The molecule has 0 radical (unpaired) electrons. The number of aromatic nitrogens is 2. The topological polar surface area (TPSA) is 58.0 Å². The van der Waals surface area contributed by atoms with Crippen LogP contribution in [0.3, 0.4) is 0 Å². The van der Waals surface area contributed by atoms with Crippen molar-refractivity contribution >= 4 is 16.7 Å². The van der Waals surface area contributed by atoms with Crippen LogP contribution in [0.15, 0.2) is 0 Å². The lowest BCUT2D eigenvalue weighted by Gasteiger charge is -2.12. The number of aliphatic hydroxyl groups is 1. The van der Waals surface area contributed by atoms with Gasteiger partial charge in [0, 0.05) is 23.5 Å². The Balaban J connectivity index is 2.64. The molecule has 2 N–H and O–H groups in total. The van der Waals surface area contributed by atoms with Crippen LogP contribution in [0.4, 0.5) is 5.13 Å². The number of nitrogens with zero attached hydrogens (tertiary/aromatic N) is 2. The van der Waals surface area contributed by atoms with Gasteiger partial charge < -0.3 is 10.4 Å². The number of aliphatic hydroxyl groups excluding tert-OH is 1. The monoisotopic (exact) mass is 201 g/mol. The fraction of sp³-hybridized carbons (Fsp3) is 0.750. The van der Waals surface area contributed by atoms with Gasteiger partial charge in [-0.15, -0.1) is 0 Å². The van der Waals surface area contributed by atoms with E-state index in [0.717, 1.165) is 11.0 Å². The lowest BCUT2D eigenvalue weighted by Crippen LogP contribution is -2.13. The fourth-order valence-corrected chi connectivity index (χ4v) is 1.54. The second-order valence-corrected chi connectivity index (χ2v) is 4.58. The molecule has 0 saturated heterocycles. The first-order chi connectivity index (χ1) is 6.04. The van der Waals surface area contributed by atoms with Gasteiger partial charge in [0.1, 0.15) is 5.82 Å². The van der Waals surface area contributed by atoms with Crippen LogP contribution < -0.4 is 5.32 Å². The van der Waals surface area contributed by atoms with Crippen LogP contribution in [0.5, 0.6) is 0 Å². The van der Waals surface area contributed by atoms with Gasteiger partial charge in [0.15, 0.2) is 0 Å². The normalized spacial score (nSPS) is 11.7. The van der Waals surface area contributed by atoms with Crippen molar-refractivity contribution in [3.63, 3.8) is 0 Å². The minimum atomic E-state index is -0.00432. The van der Waals surface area contributed by atoms with E-state index in [-0.39, 0.29) is 12.0 Å². The van der Waals surface area contributed by atoms with E-state index in [1.54, 1.807) is 0 Å². The third kappa shape index (κ3) is 2.93. The van der Waals surface area contributed by atoms with Crippen LogP contribution in [0, 0.1) is 0 Å². The molecule has 0 spiro atoms. The van der Waals surface area contributed by atoms with Crippen molar-refractivity contribution in [2.24, 2.45) is 0 Å². The van der Waals surface area contributed by atoms with Gasteiger partial charge in [0.2, 0.25) is 5.13 Å². The summed E-state index contributed by atoms with van der Waals surface area (Å²) in [5.41, 5.74) is -0.00432. The first kappa shape index (κ1) is 10.4. The van der Waals surface area contributed by atoms with E-state index in [0.29, 0.717) is 6.54 Å². The van der Waals surface area contributed by atoms with Gasteiger partial charge in [0.25, 0.3) is 0 Å². The third-order valence-corrected chi connectivity index (χ3v) is 2.16.